The summed E-state index contributed by atoms with van der Waals surface area (Å²) >= 11 is 0. The molecule has 0 saturated heterocycles. The normalized spacial score (nSPS) is 11.0. The van der Waals surface area contributed by atoms with Gasteiger partial charge in [-0.15, -0.1) is 0 Å². The fourth-order valence-corrected chi connectivity index (χ4v) is 2.90. The first kappa shape index (κ1) is 16.3. The molecule has 0 amide bonds. The lowest BCUT2D eigenvalue weighted by atomic mass is 10.0. The SMILES string of the molecule is Cc1ccc(CO)cc1Cc1ncc(-c2ccc(-n3cccn3)cc2)o1. The Morgan fingerprint density at radius 1 is 1.12 bits per heavy atom. The van der Waals surface area contributed by atoms with Crippen LogP contribution in [0.3, 0.4) is 0 Å². The van der Waals surface area contributed by atoms with Crippen molar-refractivity contribution in [1.29, 1.82) is 0 Å². The van der Waals surface area contributed by atoms with E-state index in [0.29, 0.717) is 12.3 Å². The third-order valence-corrected chi connectivity index (χ3v) is 4.41. The van der Waals surface area contributed by atoms with Crippen molar-refractivity contribution in [3.05, 3.63) is 89.7 Å². The molecular weight excluding hydrogens is 326 g/mol. The van der Waals surface area contributed by atoms with E-state index in [0.717, 1.165) is 33.7 Å². The molecule has 1 N–H and O–H groups in total. The quantitative estimate of drug-likeness (QED) is 0.595. The predicted octanol–water partition coefficient (Wildman–Crippen LogP) is 3.92. The summed E-state index contributed by atoms with van der Waals surface area (Å²) in [4.78, 5) is 4.41. The van der Waals surface area contributed by atoms with Gasteiger partial charge in [-0.2, -0.15) is 5.10 Å². The van der Waals surface area contributed by atoms with Crippen LogP contribution >= 0.6 is 0 Å². The van der Waals surface area contributed by atoms with Crippen molar-refractivity contribution >= 4 is 0 Å². The summed E-state index contributed by atoms with van der Waals surface area (Å²) in [5.74, 6) is 1.40. The van der Waals surface area contributed by atoms with Gasteiger partial charge in [0.25, 0.3) is 0 Å². The van der Waals surface area contributed by atoms with Crippen LogP contribution in [0.25, 0.3) is 17.0 Å². The molecule has 130 valence electrons. The first-order valence-corrected chi connectivity index (χ1v) is 8.47. The number of hydrogen-bond donors (Lipinski definition) is 1. The second-order valence-electron chi connectivity index (χ2n) is 6.21. The molecule has 0 spiro atoms. The summed E-state index contributed by atoms with van der Waals surface area (Å²) in [6.07, 6.45) is 6.02. The Bertz CT molecular complexity index is 1000. The highest BCUT2D eigenvalue weighted by Gasteiger charge is 2.10. The van der Waals surface area contributed by atoms with Crippen molar-refractivity contribution < 1.29 is 9.52 Å². The fraction of sp³-hybridized carbons (Fsp3) is 0.143. The van der Waals surface area contributed by atoms with Crippen LogP contribution in [0.15, 0.2) is 71.5 Å². The Labute approximate surface area is 151 Å². The highest BCUT2D eigenvalue weighted by Crippen LogP contribution is 2.24. The van der Waals surface area contributed by atoms with Crippen LogP contribution in [-0.4, -0.2) is 19.9 Å². The maximum atomic E-state index is 9.32. The Hall–Kier alpha value is -3.18. The fourth-order valence-electron chi connectivity index (χ4n) is 2.90. The minimum atomic E-state index is 0.0344. The van der Waals surface area contributed by atoms with Gasteiger partial charge in [-0.25, -0.2) is 9.67 Å². The van der Waals surface area contributed by atoms with E-state index in [1.54, 1.807) is 12.4 Å². The lowest BCUT2D eigenvalue weighted by molar-refractivity contribution is 0.281. The number of benzene rings is 2. The van der Waals surface area contributed by atoms with E-state index in [1.807, 2.05) is 66.3 Å². The molecule has 0 saturated carbocycles. The second-order valence-corrected chi connectivity index (χ2v) is 6.21. The lowest BCUT2D eigenvalue weighted by Gasteiger charge is -2.06. The third kappa shape index (κ3) is 3.30. The van der Waals surface area contributed by atoms with Gasteiger partial charge in [0, 0.05) is 24.4 Å². The highest BCUT2D eigenvalue weighted by atomic mass is 16.4. The molecule has 0 aliphatic carbocycles. The minimum absolute atomic E-state index is 0.0344. The summed E-state index contributed by atoms with van der Waals surface area (Å²) in [7, 11) is 0. The van der Waals surface area contributed by atoms with Crippen LogP contribution in [0.2, 0.25) is 0 Å². The van der Waals surface area contributed by atoms with Gasteiger partial charge in [-0.3, -0.25) is 0 Å². The number of aromatic nitrogens is 3. The average molecular weight is 345 g/mol. The van der Waals surface area contributed by atoms with Crippen molar-refractivity contribution in [2.45, 2.75) is 20.0 Å². The van der Waals surface area contributed by atoms with Crippen molar-refractivity contribution in [3.63, 3.8) is 0 Å². The van der Waals surface area contributed by atoms with Gasteiger partial charge < -0.3 is 9.52 Å². The average Bonchev–Trinajstić information content (AvgIpc) is 3.36. The summed E-state index contributed by atoms with van der Waals surface area (Å²) < 4.78 is 7.75. The van der Waals surface area contributed by atoms with Crippen LogP contribution < -0.4 is 0 Å². The molecule has 2 aromatic carbocycles. The van der Waals surface area contributed by atoms with Gasteiger partial charge in [0.15, 0.2) is 11.7 Å². The zero-order valence-corrected chi connectivity index (χ0v) is 14.5. The number of aliphatic hydroxyl groups is 1. The predicted molar refractivity (Wildman–Crippen MR) is 99.0 cm³/mol. The molecule has 5 heteroatoms. The van der Waals surface area contributed by atoms with Crippen LogP contribution in [0, 0.1) is 6.92 Å². The van der Waals surface area contributed by atoms with Gasteiger partial charge in [0.1, 0.15) is 0 Å². The number of nitrogens with zero attached hydrogens (tertiary/aromatic N) is 3. The lowest BCUT2D eigenvalue weighted by Crippen LogP contribution is -1.94. The van der Waals surface area contributed by atoms with Crippen molar-refractivity contribution in [3.8, 4) is 17.0 Å². The summed E-state index contributed by atoms with van der Waals surface area (Å²) in [6, 6.07) is 15.8. The molecule has 2 heterocycles. The molecule has 4 rings (SSSR count). The Kier molecular flexibility index (Phi) is 4.37. The smallest absolute Gasteiger partial charge is 0.199 e. The molecule has 26 heavy (non-hydrogen) atoms. The van der Waals surface area contributed by atoms with Gasteiger partial charge in [0.05, 0.1) is 18.5 Å². The van der Waals surface area contributed by atoms with E-state index in [1.165, 1.54) is 0 Å². The molecule has 0 aliphatic heterocycles. The zero-order valence-electron chi connectivity index (χ0n) is 14.5. The standard InChI is InChI=1S/C21H19N3O2/c1-15-3-4-16(14-25)11-18(15)12-21-22-13-20(26-21)17-5-7-19(8-6-17)24-10-2-9-23-24/h2-11,13,25H,12,14H2,1H3. The number of hydrogen-bond acceptors (Lipinski definition) is 4. The zero-order chi connectivity index (χ0) is 17.9. The molecule has 2 aromatic heterocycles. The van der Waals surface area contributed by atoms with Gasteiger partial charge >= 0.3 is 0 Å². The van der Waals surface area contributed by atoms with Crippen molar-refractivity contribution in [1.82, 2.24) is 14.8 Å². The third-order valence-electron chi connectivity index (χ3n) is 4.41. The first-order chi connectivity index (χ1) is 12.7. The monoisotopic (exact) mass is 345 g/mol. The molecule has 0 bridgehead atoms. The van der Waals surface area contributed by atoms with Crippen molar-refractivity contribution in [2.24, 2.45) is 0 Å². The molecule has 0 fully saturated rings. The van der Waals surface area contributed by atoms with E-state index in [4.69, 9.17) is 4.42 Å². The number of oxazole rings is 1. The minimum Gasteiger partial charge on any atom is -0.440 e. The summed E-state index contributed by atoms with van der Waals surface area (Å²) in [6.45, 7) is 2.08. The molecule has 5 nitrogen and oxygen atoms in total. The second kappa shape index (κ2) is 6.98. The van der Waals surface area contributed by atoms with Crippen LogP contribution in [-0.2, 0) is 13.0 Å². The first-order valence-electron chi connectivity index (χ1n) is 8.47. The van der Waals surface area contributed by atoms with E-state index in [2.05, 4.69) is 10.1 Å². The van der Waals surface area contributed by atoms with E-state index >= 15 is 0 Å². The maximum Gasteiger partial charge on any atom is 0.199 e. The van der Waals surface area contributed by atoms with Gasteiger partial charge in [-0.1, -0.05) is 18.2 Å². The number of aryl methyl sites for hydroxylation is 1. The van der Waals surface area contributed by atoms with Gasteiger partial charge in [0.2, 0.25) is 0 Å². The molecule has 0 atom stereocenters. The maximum absolute atomic E-state index is 9.32. The van der Waals surface area contributed by atoms with Crippen molar-refractivity contribution in [2.75, 3.05) is 0 Å². The Balaban J connectivity index is 1.55. The Morgan fingerprint density at radius 2 is 1.96 bits per heavy atom. The number of rotatable bonds is 5. The highest BCUT2D eigenvalue weighted by molar-refractivity contribution is 5.58. The largest absolute Gasteiger partial charge is 0.440 e. The molecule has 4 aromatic rings. The topological polar surface area (TPSA) is 64.1 Å². The van der Waals surface area contributed by atoms with E-state index < -0.39 is 0 Å². The number of aliphatic hydroxyl groups excluding tert-OH is 1. The molecular formula is C21H19N3O2. The molecule has 0 radical (unpaired) electrons. The molecule has 0 unspecified atom stereocenters. The Morgan fingerprint density at radius 3 is 2.69 bits per heavy atom. The molecule has 0 aliphatic rings. The van der Waals surface area contributed by atoms with Gasteiger partial charge in [-0.05, 0) is 53.9 Å². The van der Waals surface area contributed by atoms with Crippen LogP contribution in [0.4, 0.5) is 0 Å². The van der Waals surface area contributed by atoms with E-state index in [9.17, 15) is 5.11 Å². The summed E-state index contributed by atoms with van der Waals surface area (Å²) in [5, 5.41) is 13.5. The van der Waals surface area contributed by atoms with E-state index in [-0.39, 0.29) is 6.61 Å². The van der Waals surface area contributed by atoms with Crippen LogP contribution in [0.1, 0.15) is 22.6 Å². The summed E-state index contributed by atoms with van der Waals surface area (Å²) in [5.41, 5.74) is 5.13. The van der Waals surface area contributed by atoms with Crippen LogP contribution in [0.5, 0.6) is 0 Å².